The number of ether oxygens (including phenoxy) is 1. The summed E-state index contributed by atoms with van der Waals surface area (Å²) in [6, 6.07) is 9.92. The summed E-state index contributed by atoms with van der Waals surface area (Å²) in [6.45, 7) is 11.2. The van der Waals surface area contributed by atoms with Gasteiger partial charge in [0, 0.05) is 29.1 Å². The molecule has 0 saturated carbocycles. The van der Waals surface area contributed by atoms with Crippen molar-refractivity contribution >= 4 is 30.9 Å². The number of carbonyl (C=O) groups is 1. The van der Waals surface area contributed by atoms with Crippen LogP contribution in [-0.2, 0) is 17.2 Å². The summed E-state index contributed by atoms with van der Waals surface area (Å²) in [4.78, 5) is 19.3. The average Bonchev–Trinajstić information content (AvgIpc) is 3.23. The number of amides is 1. The molecule has 2 heterocycles. The number of likely N-dealkylation sites (N-methyl/N-ethyl adjacent to an activating group) is 1. The summed E-state index contributed by atoms with van der Waals surface area (Å²) in [6.07, 6.45) is -4.46. The summed E-state index contributed by atoms with van der Waals surface area (Å²) in [5.41, 5.74) is 7.81. The largest absolute Gasteiger partial charge is 0.491 e. The first-order chi connectivity index (χ1) is 17.1. The Morgan fingerprint density at radius 3 is 2.51 bits per heavy atom. The summed E-state index contributed by atoms with van der Waals surface area (Å²) < 4.78 is 51.0. The normalized spacial score (nSPS) is 16.0. The number of carbonyl (C=O) groups excluding carboxylic acids is 1. The van der Waals surface area contributed by atoms with Crippen LogP contribution in [-0.4, -0.2) is 37.8 Å². The van der Waals surface area contributed by atoms with Crippen LogP contribution in [0, 0.1) is 0 Å². The maximum atomic E-state index is 13.4. The molecule has 3 aromatic rings. The molecule has 2 N–H and O–H groups in total. The fourth-order valence-corrected chi connectivity index (χ4v) is 4.94. The monoisotopic (exact) mass is 531 g/mol. The Labute approximate surface area is 215 Å². The van der Waals surface area contributed by atoms with Crippen LogP contribution in [0.2, 0.25) is 18.1 Å². The van der Waals surface area contributed by atoms with E-state index in [1.165, 1.54) is 11.0 Å². The summed E-state index contributed by atoms with van der Waals surface area (Å²) in [5, 5.41) is 0.799. The lowest BCUT2D eigenvalue weighted by Gasteiger charge is -2.36. The van der Waals surface area contributed by atoms with E-state index >= 15 is 0 Å². The van der Waals surface area contributed by atoms with Crippen LogP contribution in [0.3, 0.4) is 0 Å². The van der Waals surface area contributed by atoms with Crippen LogP contribution in [0.5, 0.6) is 5.75 Å². The molecule has 10 heteroatoms. The number of anilines is 1. The molecule has 1 aromatic heterocycles. The van der Waals surface area contributed by atoms with Gasteiger partial charge in [0.25, 0.3) is 5.91 Å². The van der Waals surface area contributed by atoms with Crippen LogP contribution in [0.25, 0.3) is 10.9 Å². The summed E-state index contributed by atoms with van der Waals surface area (Å²) in [7, 11) is -0.380. The Morgan fingerprint density at radius 1 is 1.16 bits per heavy atom. The van der Waals surface area contributed by atoms with Crippen LogP contribution in [0.4, 0.5) is 19.0 Å². The zero-order valence-electron chi connectivity index (χ0n) is 21.9. The first-order valence-electron chi connectivity index (χ1n) is 12.0. The molecule has 0 spiro atoms. The maximum absolute atomic E-state index is 13.4. The van der Waals surface area contributed by atoms with Gasteiger partial charge < -0.3 is 19.8 Å². The second-order valence-corrected chi connectivity index (χ2v) is 15.8. The van der Waals surface area contributed by atoms with Gasteiger partial charge in [0.2, 0.25) is 0 Å². The quantitative estimate of drug-likeness (QED) is 0.377. The highest BCUT2D eigenvalue weighted by Gasteiger charge is 2.38. The number of halogens is 3. The highest BCUT2D eigenvalue weighted by atomic mass is 28.4. The highest BCUT2D eigenvalue weighted by Crippen LogP contribution is 2.41. The molecular formula is C27H32F3N3O3Si. The zero-order valence-corrected chi connectivity index (χ0v) is 22.9. The summed E-state index contributed by atoms with van der Waals surface area (Å²) >= 11 is 0. The maximum Gasteiger partial charge on any atom is 0.416 e. The van der Waals surface area contributed by atoms with Gasteiger partial charge >= 0.3 is 6.18 Å². The molecule has 0 fully saturated rings. The molecule has 0 aliphatic carbocycles. The number of nitrogens with zero attached hydrogens (tertiary/aromatic N) is 2. The molecule has 1 aliphatic heterocycles. The van der Waals surface area contributed by atoms with Gasteiger partial charge in [0.15, 0.2) is 8.32 Å². The Kier molecular flexibility index (Phi) is 6.79. The smallest absolute Gasteiger partial charge is 0.416 e. The first-order valence-corrected chi connectivity index (χ1v) is 14.9. The molecule has 1 unspecified atom stereocenters. The lowest BCUT2D eigenvalue weighted by Crippen LogP contribution is -2.40. The van der Waals surface area contributed by atoms with E-state index in [4.69, 9.17) is 14.9 Å². The molecule has 0 bridgehead atoms. The van der Waals surface area contributed by atoms with E-state index in [0.717, 1.165) is 23.1 Å². The van der Waals surface area contributed by atoms with Crippen LogP contribution in [0.15, 0.2) is 42.5 Å². The predicted molar refractivity (Wildman–Crippen MR) is 140 cm³/mol. The van der Waals surface area contributed by atoms with E-state index in [0.29, 0.717) is 29.1 Å². The number of aromatic nitrogens is 1. The molecule has 0 radical (unpaired) electrons. The molecular weight excluding hydrogens is 499 g/mol. The first kappa shape index (κ1) is 26.9. The van der Waals surface area contributed by atoms with Gasteiger partial charge in [-0.15, -0.1) is 0 Å². The molecule has 4 rings (SSSR count). The predicted octanol–water partition coefficient (Wildman–Crippen LogP) is 6.56. The number of hydrogen-bond acceptors (Lipinski definition) is 5. The van der Waals surface area contributed by atoms with Gasteiger partial charge in [-0.2, -0.15) is 13.2 Å². The van der Waals surface area contributed by atoms with E-state index in [9.17, 15) is 18.0 Å². The lowest BCUT2D eigenvalue weighted by molar-refractivity contribution is -0.137. The Bertz CT molecular complexity index is 1350. The number of fused-ring (bicyclic) bond motifs is 2. The standard InChI is InChI=1S/C27H32F3N3O3Si/c1-26(2,3)37(5,6)36-14-18-12-17-11-16(7-10-21(17)32-24(18)31)25(34)33(4)22-15-35-23-13-19(27(28,29)30)8-9-20(22)23/h7-13,22H,14-15H2,1-6H3,(H2,31,32). The molecule has 198 valence electrons. The van der Waals surface area contributed by atoms with E-state index in [-0.39, 0.29) is 23.3 Å². The van der Waals surface area contributed by atoms with E-state index < -0.39 is 26.1 Å². The average molecular weight is 532 g/mol. The minimum Gasteiger partial charge on any atom is -0.491 e. The van der Waals surface area contributed by atoms with Crippen molar-refractivity contribution in [2.45, 2.75) is 57.7 Å². The van der Waals surface area contributed by atoms with Crippen LogP contribution < -0.4 is 10.5 Å². The van der Waals surface area contributed by atoms with Crippen molar-refractivity contribution in [1.82, 2.24) is 9.88 Å². The highest BCUT2D eigenvalue weighted by molar-refractivity contribution is 6.74. The van der Waals surface area contributed by atoms with Crippen molar-refractivity contribution in [2.75, 3.05) is 19.4 Å². The minimum atomic E-state index is -4.46. The number of benzene rings is 2. The van der Waals surface area contributed by atoms with Crippen molar-refractivity contribution in [3.63, 3.8) is 0 Å². The molecule has 1 aliphatic rings. The number of nitrogen functional groups attached to an aromatic ring is 1. The van der Waals surface area contributed by atoms with Crippen LogP contribution in [0.1, 0.15) is 53.9 Å². The van der Waals surface area contributed by atoms with E-state index in [2.05, 4.69) is 38.8 Å². The van der Waals surface area contributed by atoms with E-state index in [1.807, 2.05) is 6.07 Å². The van der Waals surface area contributed by atoms with Crippen molar-refractivity contribution in [2.24, 2.45) is 0 Å². The molecule has 1 atom stereocenters. The molecule has 37 heavy (non-hydrogen) atoms. The van der Waals surface area contributed by atoms with Crippen molar-refractivity contribution < 1.29 is 27.1 Å². The van der Waals surface area contributed by atoms with Gasteiger partial charge in [-0.25, -0.2) is 4.98 Å². The topological polar surface area (TPSA) is 77.7 Å². The van der Waals surface area contributed by atoms with Gasteiger partial charge in [-0.05, 0) is 54.5 Å². The van der Waals surface area contributed by atoms with Crippen molar-refractivity contribution in [1.29, 1.82) is 0 Å². The second-order valence-electron chi connectivity index (χ2n) is 11.0. The van der Waals surface area contributed by atoms with E-state index in [1.54, 1.807) is 25.2 Å². The fourth-order valence-electron chi connectivity index (χ4n) is 3.99. The van der Waals surface area contributed by atoms with Gasteiger partial charge in [-0.3, -0.25) is 4.79 Å². The summed E-state index contributed by atoms with van der Waals surface area (Å²) in [5.74, 6) is 0.253. The minimum absolute atomic E-state index is 0.0487. The Morgan fingerprint density at radius 2 is 1.86 bits per heavy atom. The molecule has 6 nitrogen and oxygen atoms in total. The lowest BCUT2D eigenvalue weighted by atomic mass is 10.0. The van der Waals surface area contributed by atoms with Gasteiger partial charge in [0.1, 0.15) is 18.2 Å². The SMILES string of the molecule is CN(C(=O)c1ccc2nc(N)c(CO[Si](C)(C)C(C)(C)C)cc2c1)C1COc2cc(C(F)(F)F)ccc21. The number of pyridine rings is 1. The molecule has 1 amide bonds. The number of hydrogen-bond donors (Lipinski definition) is 1. The zero-order chi connectivity index (χ0) is 27.3. The molecule has 2 aromatic carbocycles. The number of rotatable bonds is 5. The van der Waals surface area contributed by atoms with Gasteiger partial charge in [0.05, 0.1) is 23.7 Å². The Balaban J connectivity index is 1.57. The fraction of sp³-hybridized carbons (Fsp3) is 0.407. The second kappa shape index (κ2) is 9.32. The Hall–Kier alpha value is -3.11. The molecule has 0 saturated heterocycles. The van der Waals surface area contributed by atoms with Crippen molar-refractivity contribution in [3.8, 4) is 5.75 Å². The third-order valence-electron chi connectivity index (χ3n) is 7.45. The van der Waals surface area contributed by atoms with Crippen LogP contribution >= 0.6 is 0 Å². The van der Waals surface area contributed by atoms with Gasteiger partial charge in [-0.1, -0.05) is 26.8 Å². The number of alkyl halides is 3. The third kappa shape index (κ3) is 5.31. The van der Waals surface area contributed by atoms with Crippen molar-refractivity contribution in [3.05, 3.63) is 64.7 Å². The third-order valence-corrected chi connectivity index (χ3v) is 11.9. The number of nitrogens with two attached hydrogens (primary N) is 1.